The minimum absolute atomic E-state index is 0.0541. The van der Waals surface area contributed by atoms with Crippen LogP contribution in [0.5, 0.6) is 5.75 Å². The lowest BCUT2D eigenvalue weighted by Crippen LogP contribution is -2.17. The molecule has 2 rings (SSSR count). The largest absolute Gasteiger partial charge is 0.489 e. The third-order valence-electron chi connectivity index (χ3n) is 2.86. The van der Waals surface area contributed by atoms with Crippen LogP contribution in [0.1, 0.15) is 19.7 Å². The number of aromatic nitrogens is 2. The van der Waals surface area contributed by atoms with E-state index < -0.39 is 6.09 Å². The Bertz CT molecular complexity index is 640. The third kappa shape index (κ3) is 3.58. The molecule has 1 amide bonds. The molecule has 7 heteroatoms. The van der Waals surface area contributed by atoms with E-state index in [1.807, 2.05) is 36.6 Å². The van der Waals surface area contributed by atoms with Crippen LogP contribution in [-0.2, 0) is 17.2 Å². The maximum Gasteiger partial charge on any atom is 0.404 e. The molecule has 0 aliphatic rings. The maximum atomic E-state index is 10.7. The second-order valence-electron chi connectivity index (χ2n) is 4.77. The number of carbonyl (C=O) groups excluding carboxylic acids is 1. The molecule has 0 unspecified atom stereocenters. The zero-order valence-corrected chi connectivity index (χ0v) is 12.8. The van der Waals surface area contributed by atoms with Crippen LogP contribution >= 0.6 is 11.6 Å². The summed E-state index contributed by atoms with van der Waals surface area (Å²) in [5, 5.41) is 0. The quantitative estimate of drug-likeness (QED) is 0.832. The van der Waals surface area contributed by atoms with E-state index in [-0.39, 0.29) is 18.6 Å². The van der Waals surface area contributed by atoms with Crippen molar-refractivity contribution in [3.8, 4) is 5.75 Å². The molecule has 1 aromatic carbocycles. The van der Waals surface area contributed by atoms with Gasteiger partial charge in [0, 0.05) is 0 Å². The summed E-state index contributed by atoms with van der Waals surface area (Å²) in [7, 11) is 0. The number of hydrogen-bond acceptors (Lipinski definition) is 4. The van der Waals surface area contributed by atoms with E-state index in [0.717, 1.165) is 11.0 Å². The van der Waals surface area contributed by atoms with Crippen molar-refractivity contribution in [2.75, 3.05) is 6.61 Å². The highest BCUT2D eigenvalue weighted by molar-refractivity contribution is 6.16. The lowest BCUT2D eigenvalue weighted by molar-refractivity contribution is 0.152. The predicted octanol–water partition coefficient (Wildman–Crippen LogP) is 2.66. The number of benzene rings is 1. The first kappa shape index (κ1) is 15.4. The Balaban J connectivity index is 2.37. The molecule has 1 heterocycles. The van der Waals surface area contributed by atoms with Crippen LogP contribution in [0.25, 0.3) is 11.0 Å². The third-order valence-corrected chi connectivity index (χ3v) is 3.10. The molecule has 114 valence electrons. The number of alkyl halides is 1. The second kappa shape index (κ2) is 6.67. The summed E-state index contributed by atoms with van der Waals surface area (Å²) in [5.74, 6) is 1.66. The average molecular weight is 312 g/mol. The Morgan fingerprint density at radius 2 is 2.24 bits per heavy atom. The summed E-state index contributed by atoms with van der Waals surface area (Å²) in [6, 6.07) is 5.69. The van der Waals surface area contributed by atoms with Crippen LogP contribution in [0.4, 0.5) is 4.79 Å². The molecular weight excluding hydrogens is 294 g/mol. The number of primary amides is 1. The summed E-state index contributed by atoms with van der Waals surface area (Å²) >= 11 is 5.95. The molecule has 0 aliphatic heterocycles. The van der Waals surface area contributed by atoms with Gasteiger partial charge >= 0.3 is 6.09 Å². The fourth-order valence-corrected chi connectivity index (χ4v) is 2.31. The van der Waals surface area contributed by atoms with Gasteiger partial charge < -0.3 is 19.8 Å². The molecular formula is C14H18ClN3O3. The molecule has 0 saturated heterocycles. The van der Waals surface area contributed by atoms with Gasteiger partial charge in [0.1, 0.15) is 23.7 Å². The normalized spacial score (nSPS) is 11.0. The number of hydrogen-bond donors (Lipinski definition) is 1. The zero-order chi connectivity index (χ0) is 15.4. The number of para-hydroxylation sites is 1. The molecule has 0 saturated carbocycles. The van der Waals surface area contributed by atoms with Gasteiger partial charge in [-0.05, 0) is 26.0 Å². The van der Waals surface area contributed by atoms with E-state index in [0.29, 0.717) is 18.1 Å². The standard InChI is InChI=1S/C14H18ClN3O3/c1-9(2)21-11-5-3-4-10-13(11)17-12(8-15)18(10)6-7-20-14(16)19/h3-5,9H,6-8H2,1-2H3,(H2,16,19). The van der Waals surface area contributed by atoms with Crippen molar-refractivity contribution < 1.29 is 14.3 Å². The summed E-state index contributed by atoms with van der Waals surface area (Å²) in [6.07, 6.45) is -0.742. The minimum Gasteiger partial charge on any atom is -0.489 e. The lowest BCUT2D eigenvalue weighted by atomic mass is 10.3. The van der Waals surface area contributed by atoms with Crippen LogP contribution in [0.2, 0.25) is 0 Å². The number of rotatable bonds is 6. The van der Waals surface area contributed by atoms with Gasteiger partial charge in [0.05, 0.1) is 24.0 Å². The SMILES string of the molecule is CC(C)Oc1cccc2c1nc(CCl)n2CCOC(N)=O. The van der Waals surface area contributed by atoms with E-state index in [2.05, 4.69) is 4.98 Å². The first-order valence-corrected chi connectivity index (χ1v) is 7.19. The number of halogens is 1. The number of carbonyl (C=O) groups is 1. The van der Waals surface area contributed by atoms with Gasteiger partial charge in [-0.15, -0.1) is 11.6 Å². The Hall–Kier alpha value is -1.95. The minimum atomic E-state index is -0.796. The molecule has 2 N–H and O–H groups in total. The molecule has 6 nitrogen and oxygen atoms in total. The number of imidazole rings is 1. The summed E-state index contributed by atoms with van der Waals surface area (Å²) in [4.78, 5) is 15.2. The summed E-state index contributed by atoms with van der Waals surface area (Å²) in [6.45, 7) is 4.52. The number of nitrogens with zero attached hydrogens (tertiary/aromatic N) is 2. The van der Waals surface area contributed by atoms with E-state index in [4.69, 9.17) is 26.8 Å². The topological polar surface area (TPSA) is 79.4 Å². The van der Waals surface area contributed by atoms with Gasteiger partial charge in [-0.25, -0.2) is 9.78 Å². The highest BCUT2D eigenvalue weighted by atomic mass is 35.5. The van der Waals surface area contributed by atoms with Gasteiger partial charge in [0.25, 0.3) is 0 Å². The van der Waals surface area contributed by atoms with E-state index >= 15 is 0 Å². The molecule has 1 aromatic heterocycles. The average Bonchev–Trinajstić information content (AvgIpc) is 2.77. The number of nitrogens with two attached hydrogens (primary N) is 1. The fourth-order valence-electron chi connectivity index (χ4n) is 2.11. The van der Waals surface area contributed by atoms with Gasteiger partial charge in [-0.3, -0.25) is 0 Å². The van der Waals surface area contributed by atoms with Gasteiger partial charge in [0.2, 0.25) is 0 Å². The number of amides is 1. The van der Waals surface area contributed by atoms with Gasteiger partial charge in [-0.2, -0.15) is 0 Å². The van der Waals surface area contributed by atoms with Gasteiger partial charge in [0.15, 0.2) is 0 Å². The van der Waals surface area contributed by atoms with Gasteiger partial charge in [-0.1, -0.05) is 6.07 Å². The highest BCUT2D eigenvalue weighted by Crippen LogP contribution is 2.27. The summed E-state index contributed by atoms with van der Waals surface area (Å²) in [5.41, 5.74) is 6.60. The molecule has 0 radical (unpaired) electrons. The molecule has 21 heavy (non-hydrogen) atoms. The van der Waals surface area contributed by atoms with Crippen molar-refractivity contribution in [1.82, 2.24) is 9.55 Å². The van der Waals surface area contributed by atoms with E-state index in [1.54, 1.807) is 0 Å². The van der Waals surface area contributed by atoms with Crippen molar-refractivity contribution >= 4 is 28.7 Å². The zero-order valence-electron chi connectivity index (χ0n) is 12.0. The first-order valence-electron chi connectivity index (χ1n) is 6.66. The van der Waals surface area contributed by atoms with Crippen molar-refractivity contribution in [1.29, 1.82) is 0 Å². The molecule has 0 bridgehead atoms. The molecule has 0 aliphatic carbocycles. The fraction of sp³-hybridized carbons (Fsp3) is 0.429. The Morgan fingerprint density at radius 3 is 2.86 bits per heavy atom. The number of fused-ring (bicyclic) bond motifs is 1. The molecule has 0 fully saturated rings. The predicted molar refractivity (Wildman–Crippen MR) is 80.6 cm³/mol. The van der Waals surface area contributed by atoms with Crippen molar-refractivity contribution in [2.24, 2.45) is 5.73 Å². The molecule has 0 spiro atoms. The van der Waals surface area contributed by atoms with Crippen LogP contribution in [-0.4, -0.2) is 28.4 Å². The van der Waals surface area contributed by atoms with Crippen molar-refractivity contribution in [2.45, 2.75) is 32.4 Å². The Kier molecular flexibility index (Phi) is 4.90. The maximum absolute atomic E-state index is 10.7. The van der Waals surface area contributed by atoms with E-state index in [1.165, 1.54) is 0 Å². The summed E-state index contributed by atoms with van der Waals surface area (Å²) < 4.78 is 12.4. The molecule has 0 atom stereocenters. The monoisotopic (exact) mass is 311 g/mol. The first-order chi connectivity index (χ1) is 10.0. The van der Waals surface area contributed by atoms with Crippen LogP contribution < -0.4 is 10.5 Å². The number of ether oxygens (including phenoxy) is 2. The van der Waals surface area contributed by atoms with Crippen LogP contribution in [0, 0.1) is 0 Å². The van der Waals surface area contributed by atoms with Crippen LogP contribution in [0.15, 0.2) is 18.2 Å². The smallest absolute Gasteiger partial charge is 0.404 e. The van der Waals surface area contributed by atoms with E-state index in [9.17, 15) is 4.79 Å². The molecule has 2 aromatic rings. The Morgan fingerprint density at radius 1 is 1.48 bits per heavy atom. The second-order valence-corrected chi connectivity index (χ2v) is 5.04. The lowest BCUT2D eigenvalue weighted by Gasteiger charge is -2.10. The van der Waals surface area contributed by atoms with Crippen molar-refractivity contribution in [3.05, 3.63) is 24.0 Å². The Labute approximate surface area is 127 Å². The highest BCUT2D eigenvalue weighted by Gasteiger charge is 2.14. The van der Waals surface area contributed by atoms with Crippen LogP contribution in [0.3, 0.4) is 0 Å². The van der Waals surface area contributed by atoms with Crippen molar-refractivity contribution in [3.63, 3.8) is 0 Å².